The first-order chi connectivity index (χ1) is 16.0. The fourth-order valence-corrected chi connectivity index (χ4v) is 4.65. The molecule has 0 radical (unpaired) electrons. The lowest BCUT2D eigenvalue weighted by Gasteiger charge is -2.36. The van der Waals surface area contributed by atoms with Gasteiger partial charge in [0, 0.05) is 51.4 Å². The molecule has 2 heterocycles. The highest BCUT2D eigenvalue weighted by Gasteiger charge is 2.36. The summed E-state index contributed by atoms with van der Waals surface area (Å²) < 4.78 is 5.42. The summed E-state index contributed by atoms with van der Waals surface area (Å²) in [7, 11) is 1.60. The van der Waals surface area contributed by atoms with E-state index in [0.29, 0.717) is 18.8 Å². The lowest BCUT2D eigenvalue weighted by atomic mass is 10.1. The molecule has 2 saturated heterocycles. The normalized spacial score (nSPS) is 19.1. The van der Waals surface area contributed by atoms with Gasteiger partial charge in [-0.3, -0.25) is 14.5 Å². The standard InChI is InChI=1S/C26H34N4O3/c1-20-9-10-24(33-2)23(17-20)30-19-21(18-25(30)31)26(32)27-11-6-12-28-13-15-29(16-14-28)22-7-4-3-5-8-22/h3-5,7-10,17,21H,6,11-16,18-19H2,1-2H3,(H,27,32). The molecule has 1 unspecified atom stereocenters. The summed E-state index contributed by atoms with van der Waals surface area (Å²) in [6.07, 6.45) is 1.15. The Balaban J connectivity index is 1.19. The van der Waals surface area contributed by atoms with E-state index in [0.717, 1.165) is 50.4 Å². The SMILES string of the molecule is COc1ccc(C)cc1N1CC(C(=O)NCCCN2CCN(c3ccccc3)CC2)CC1=O. The largest absolute Gasteiger partial charge is 0.495 e. The summed E-state index contributed by atoms with van der Waals surface area (Å²) in [5.74, 6) is 0.265. The average molecular weight is 451 g/mol. The van der Waals surface area contributed by atoms with Gasteiger partial charge >= 0.3 is 0 Å². The van der Waals surface area contributed by atoms with E-state index >= 15 is 0 Å². The second-order valence-electron chi connectivity index (χ2n) is 8.89. The van der Waals surface area contributed by atoms with E-state index in [1.54, 1.807) is 12.0 Å². The number of methoxy groups -OCH3 is 1. The average Bonchev–Trinajstić information content (AvgIpc) is 3.24. The van der Waals surface area contributed by atoms with Crippen molar-refractivity contribution in [2.45, 2.75) is 19.8 Å². The van der Waals surface area contributed by atoms with E-state index in [4.69, 9.17) is 4.74 Å². The molecule has 2 fully saturated rings. The van der Waals surface area contributed by atoms with Crippen LogP contribution < -0.4 is 19.9 Å². The number of hydrogen-bond acceptors (Lipinski definition) is 5. The zero-order valence-corrected chi connectivity index (χ0v) is 19.6. The first-order valence-corrected chi connectivity index (χ1v) is 11.8. The summed E-state index contributed by atoms with van der Waals surface area (Å²) in [5, 5.41) is 3.05. The number of amides is 2. The predicted molar refractivity (Wildman–Crippen MR) is 131 cm³/mol. The van der Waals surface area contributed by atoms with Crippen LogP contribution in [0.4, 0.5) is 11.4 Å². The zero-order valence-electron chi connectivity index (χ0n) is 19.6. The van der Waals surface area contributed by atoms with Crippen LogP contribution in [0.5, 0.6) is 5.75 Å². The number of carbonyl (C=O) groups excluding carboxylic acids is 2. The van der Waals surface area contributed by atoms with Gasteiger partial charge in [-0.25, -0.2) is 0 Å². The lowest BCUT2D eigenvalue weighted by molar-refractivity contribution is -0.126. The van der Waals surface area contributed by atoms with Crippen LogP contribution in [0.1, 0.15) is 18.4 Å². The van der Waals surface area contributed by atoms with E-state index in [9.17, 15) is 9.59 Å². The molecule has 176 valence electrons. The van der Waals surface area contributed by atoms with Gasteiger partial charge in [0.25, 0.3) is 0 Å². The maximum absolute atomic E-state index is 12.7. The first-order valence-electron chi connectivity index (χ1n) is 11.8. The summed E-state index contributed by atoms with van der Waals surface area (Å²) in [6.45, 7) is 8.11. The molecule has 7 nitrogen and oxygen atoms in total. The summed E-state index contributed by atoms with van der Waals surface area (Å²) >= 11 is 0. The van der Waals surface area contributed by atoms with Crippen molar-refractivity contribution in [1.29, 1.82) is 0 Å². The van der Waals surface area contributed by atoms with Crippen LogP contribution >= 0.6 is 0 Å². The number of rotatable bonds is 8. The molecule has 0 aliphatic carbocycles. The zero-order chi connectivity index (χ0) is 23.2. The lowest BCUT2D eigenvalue weighted by Crippen LogP contribution is -2.47. The molecule has 2 aromatic carbocycles. The fraction of sp³-hybridized carbons (Fsp3) is 0.462. The molecule has 0 bridgehead atoms. The quantitative estimate of drug-likeness (QED) is 0.627. The van der Waals surface area contributed by atoms with Crippen LogP contribution in [0.3, 0.4) is 0 Å². The topological polar surface area (TPSA) is 65.1 Å². The molecule has 2 aliphatic heterocycles. The van der Waals surface area contributed by atoms with Gasteiger partial charge in [-0.15, -0.1) is 0 Å². The second kappa shape index (κ2) is 10.7. The molecule has 1 atom stereocenters. The van der Waals surface area contributed by atoms with Crippen LogP contribution in [-0.2, 0) is 9.59 Å². The molecule has 1 N–H and O–H groups in total. The molecule has 33 heavy (non-hydrogen) atoms. The Bertz CT molecular complexity index is 957. The third kappa shape index (κ3) is 5.66. The van der Waals surface area contributed by atoms with Gasteiger partial charge in [-0.2, -0.15) is 0 Å². The van der Waals surface area contributed by atoms with E-state index in [1.165, 1.54) is 5.69 Å². The van der Waals surface area contributed by atoms with Crippen LogP contribution in [0.25, 0.3) is 0 Å². The van der Waals surface area contributed by atoms with Crippen molar-refractivity contribution in [2.75, 3.05) is 62.7 Å². The number of carbonyl (C=O) groups is 2. The van der Waals surface area contributed by atoms with E-state index < -0.39 is 0 Å². The van der Waals surface area contributed by atoms with Crippen molar-refractivity contribution in [3.63, 3.8) is 0 Å². The molecule has 0 spiro atoms. The Morgan fingerprint density at radius 1 is 1.09 bits per heavy atom. The first kappa shape index (κ1) is 23.1. The Morgan fingerprint density at radius 2 is 1.85 bits per heavy atom. The van der Waals surface area contributed by atoms with Crippen molar-refractivity contribution in [3.05, 3.63) is 54.1 Å². The number of benzene rings is 2. The van der Waals surface area contributed by atoms with Crippen molar-refractivity contribution < 1.29 is 14.3 Å². The van der Waals surface area contributed by atoms with Gasteiger partial charge in [0.2, 0.25) is 11.8 Å². The molecular formula is C26H34N4O3. The number of nitrogens with zero attached hydrogens (tertiary/aromatic N) is 3. The van der Waals surface area contributed by atoms with Crippen molar-refractivity contribution in [1.82, 2.24) is 10.2 Å². The summed E-state index contributed by atoms with van der Waals surface area (Å²) in [4.78, 5) is 31.9. The van der Waals surface area contributed by atoms with Crippen LogP contribution in [0.2, 0.25) is 0 Å². The monoisotopic (exact) mass is 450 g/mol. The van der Waals surface area contributed by atoms with Crippen molar-refractivity contribution in [3.8, 4) is 5.75 Å². The van der Waals surface area contributed by atoms with Crippen LogP contribution in [-0.4, -0.2) is 69.6 Å². The van der Waals surface area contributed by atoms with E-state index in [1.807, 2.05) is 31.2 Å². The van der Waals surface area contributed by atoms with Gasteiger partial charge in [0.05, 0.1) is 18.7 Å². The maximum atomic E-state index is 12.7. The number of ether oxygens (including phenoxy) is 1. The Morgan fingerprint density at radius 3 is 2.58 bits per heavy atom. The molecule has 2 amide bonds. The van der Waals surface area contributed by atoms with Gasteiger partial charge in [0.15, 0.2) is 0 Å². The van der Waals surface area contributed by atoms with Crippen molar-refractivity contribution >= 4 is 23.2 Å². The Kier molecular flexibility index (Phi) is 7.50. The fourth-order valence-electron chi connectivity index (χ4n) is 4.65. The molecule has 4 rings (SSSR count). The Labute approximate surface area is 196 Å². The third-order valence-electron chi connectivity index (χ3n) is 6.56. The summed E-state index contributed by atoms with van der Waals surface area (Å²) in [5.41, 5.74) is 3.08. The minimum absolute atomic E-state index is 0.0321. The number of nitrogens with one attached hydrogen (secondary N) is 1. The van der Waals surface area contributed by atoms with Gasteiger partial charge in [-0.1, -0.05) is 24.3 Å². The molecule has 2 aromatic rings. The molecule has 0 aromatic heterocycles. The highest BCUT2D eigenvalue weighted by Crippen LogP contribution is 2.33. The van der Waals surface area contributed by atoms with Crippen LogP contribution in [0, 0.1) is 12.8 Å². The Hall–Kier alpha value is -3.06. The summed E-state index contributed by atoms with van der Waals surface area (Å²) in [6, 6.07) is 16.3. The number of aryl methyl sites for hydroxylation is 1. The molecule has 7 heteroatoms. The van der Waals surface area contributed by atoms with E-state index in [2.05, 4.69) is 39.4 Å². The van der Waals surface area contributed by atoms with Gasteiger partial charge in [-0.05, 0) is 49.7 Å². The molecule has 2 aliphatic rings. The second-order valence-corrected chi connectivity index (χ2v) is 8.89. The van der Waals surface area contributed by atoms with Gasteiger partial charge < -0.3 is 19.9 Å². The van der Waals surface area contributed by atoms with Crippen LogP contribution in [0.15, 0.2) is 48.5 Å². The maximum Gasteiger partial charge on any atom is 0.227 e. The smallest absolute Gasteiger partial charge is 0.227 e. The number of anilines is 2. The van der Waals surface area contributed by atoms with Crippen molar-refractivity contribution in [2.24, 2.45) is 5.92 Å². The molecular weight excluding hydrogens is 416 g/mol. The van der Waals surface area contributed by atoms with Gasteiger partial charge in [0.1, 0.15) is 5.75 Å². The highest BCUT2D eigenvalue weighted by molar-refractivity contribution is 6.01. The highest BCUT2D eigenvalue weighted by atomic mass is 16.5. The number of para-hydroxylation sites is 1. The minimum atomic E-state index is -0.322. The minimum Gasteiger partial charge on any atom is -0.495 e. The third-order valence-corrected chi connectivity index (χ3v) is 6.56. The predicted octanol–water partition coefficient (Wildman–Crippen LogP) is 2.69. The van der Waals surface area contributed by atoms with E-state index in [-0.39, 0.29) is 24.2 Å². The number of piperazine rings is 1. The number of hydrogen-bond donors (Lipinski definition) is 1. The molecule has 0 saturated carbocycles.